The van der Waals surface area contributed by atoms with E-state index in [1.54, 1.807) is 13.3 Å². The van der Waals surface area contributed by atoms with Crippen LogP contribution in [0.4, 0.5) is 11.5 Å². The second-order valence-corrected chi connectivity index (χ2v) is 7.22. The molecule has 0 unspecified atom stereocenters. The van der Waals surface area contributed by atoms with Crippen molar-refractivity contribution in [2.75, 3.05) is 43.6 Å². The number of aromatic nitrogens is 1. The molecule has 1 aliphatic rings. The van der Waals surface area contributed by atoms with Crippen molar-refractivity contribution in [3.63, 3.8) is 0 Å². The van der Waals surface area contributed by atoms with Crippen LogP contribution in [0.25, 0.3) is 11.1 Å². The summed E-state index contributed by atoms with van der Waals surface area (Å²) in [5.74, 6) is 1.54. The first kappa shape index (κ1) is 19.9. The zero-order chi connectivity index (χ0) is 20.9. The summed E-state index contributed by atoms with van der Waals surface area (Å²) in [6.07, 6.45) is 1.70. The van der Waals surface area contributed by atoms with E-state index in [0.29, 0.717) is 24.5 Å². The molecule has 4 rings (SSSR count). The van der Waals surface area contributed by atoms with Crippen LogP contribution in [0.1, 0.15) is 15.9 Å². The number of morpholine rings is 1. The Balaban J connectivity index is 1.49. The predicted octanol–water partition coefficient (Wildman–Crippen LogP) is 4.15. The first-order valence-corrected chi connectivity index (χ1v) is 9.99. The Morgan fingerprint density at radius 1 is 1.07 bits per heavy atom. The van der Waals surface area contributed by atoms with Gasteiger partial charge >= 0.3 is 0 Å². The van der Waals surface area contributed by atoms with Gasteiger partial charge in [0.2, 0.25) is 0 Å². The third-order valence-electron chi connectivity index (χ3n) is 5.24. The van der Waals surface area contributed by atoms with E-state index in [0.717, 1.165) is 41.3 Å². The fourth-order valence-corrected chi connectivity index (χ4v) is 3.49. The highest BCUT2D eigenvalue weighted by Gasteiger charge is 2.13. The molecule has 6 nitrogen and oxygen atoms in total. The number of hydrogen-bond donors (Lipinski definition) is 1. The van der Waals surface area contributed by atoms with Crippen molar-refractivity contribution < 1.29 is 14.3 Å². The Morgan fingerprint density at radius 3 is 2.50 bits per heavy atom. The lowest BCUT2D eigenvalue weighted by Crippen LogP contribution is -2.36. The van der Waals surface area contributed by atoms with Crippen molar-refractivity contribution in [2.45, 2.75) is 6.92 Å². The number of pyridine rings is 1. The summed E-state index contributed by atoms with van der Waals surface area (Å²) in [6, 6.07) is 17.4. The Hall–Kier alpha value is -3.38. The molecule has 30 heavy (non-hydrogen) atoms. The number of carbonyl (C=O) groups excluding carboxylic acids is 1. The number of ether oxygens (including phenoxy) is 2. The fourth-order valence-electron chi connectivity index (χ4n) is 3.49. The van der Waals surface area contributed by atoms with Crippen molar-refractivity contribution in [1.82, 2.24) is 4.98 Å². The van der Waals surface area contributed by atoms with Gasteiger partial charge in [-0.15, -0.1) is 0 Å². The lowest BCUT2D eigenvalue weighted by molar-refractivity contribution is 0.102. The third-order valence-corrected chi connectivity index (χ3v) is 5.24. The van der Waals surface area contributed by atoms with Gasteiger partial charge in [0.25, 0.3) is 5.91 Å². The number of aryl methyl sites for hydroxylation is 1. The lowest BCUT2D eigenvalue weighted by atomic mass is 9.98. The van der Waals surface area contributed by atoms with Crippen molar-refractivity contribution in [1.29, 1.82) is 0 Å². The molecule has 1 saturated heterocycles. The molecule has 1 N–H and O–H groups in total. The van der Waals surface area contributed by atoms with Crippen LogP contribution in [0, 0.1) is 6.92 Å². The SMILES string of the molecule is COc1ccc(-c2cc(C(=O)Nc3ccc(N4CCOCC4)nc3)ccc2C)cc1. The average Bonchev–Trinajstić information content (AvgIpc) is 2.80. The number of benzene rings is 2. The normalized spacial score (nSPS) is 13.7. The summed E-state index contributed by atoms with van der Waals surface area (Å²) >= 11 is 0. The highest BCUT2D eigenvalue weighted by Crippen LogP contribution is 2.27. The number of carbonyl (C=O) groups is 1. The summed E-state index contributed by atoms with van der Waals surface area (Å²) in [7, 11) is 1.65. The molecule has 0 spiro atoms. The smallest absolute Gasteiger partial charge is 0.255 e. The quantitative estimate of drug-likeness (QED) is 0.693. The maximum atomic E-state index is 12.8. The maximum absolute atomic E-state index is 12.8. The highest BCUT2D eigenvalue weighted by atomic mass is 16.5. The standard InChI is InChI=1S/C24H25N3O3/c1-17-3-4-19(15-22(17)18-5-8-21(29-2)9-6-18)24(28)26-20-7-10-23(25-16-20)27-11-13-30-14-12-27/h3-10,15-16H,11-14H2,1-2H3,(H,26,28). The first-order valence-electron chi connectivity index (χ1n) is 9.99. The van der Waals surface area contributed by atoms with Crippen LogP contribution >= 0.6 is 0 Å². The largest absolute Gasteiger partial charge is 0.497 e. The van der Waals surface area contributed by atoms with E-state index in [2.05, 4.69) is 15.2 Å². The molecule has 1 fully saturated rings. The monoisotopic (exact) mass is 403 g/mol. The van der Waals surface area contributed by atoms with Gasteiger partial charge in [0, 0.05) is 18.7 Å². The van der Waals surface area contributed by atoms with Crippen LogP contribution in [0.5, 0.6) is 5.75 Å². The van der Waals surface area contributed by atoms with Crippen molar-refractivity contribution in [2.24, 2.45) is 0 Å². The molecule has 0 atom stereocenters. The van der Waals surface area contributed by atoms with Crippen molar-refractivity contribution >= 4 is 17.4 Å². The van der Waals surface area contributed by atoms with Gasteiger partial charge in [-0.05, 0) is 60.0 Å². The number of amides is 1. The Kier molecular flexibility index (Phi) is 5.95. The van der Waals surface area contributed by atoms with Crippen LogP contribution in [-0.2, 0) is 4.74 Å². The summed E-state index contributed by atoms with van der Waals surface area (Å²) in [5, 5.41) is 2.94. The van der Waals surface area contributed by atoms with Crippen LogP contribution < -0.4 is 15.0 Å². The van der Waals surface area contributed by atoms with Gasteiger partial charge in [-0.25, -0.2) is 4.98 Å². The maximum Gasteiger partial charge on any atom is 0.255 e. The second kappa shape index (κ2) is 8.97. The molecule has 1 amide bonds. The molecule has 0 aliphatic carbocycles. The van der Waals surface area contributed by atoms with E-state index in [1.807, 2.05) is 61.5 Å². The zero-order valence-corrected chi connectivity index (χ0v) is 17.2. The zero-order valence-electron chi connectivity index (χ0n) is 17.2. The first-order chi connectivity index (χ1) is 14.6. The van der Waals surface area contributed by atoms with E-state index in [1.165, 1.54) is 0 Å². The van der Waals surface area contributed by atoms with Crippen molar-refractivity contribution in [3.05, 3.63) is 71.9 Å². The van der Waals surface area contributed by atoms with Gasteiger partial charge in [-0.1, -0.05) is 18.2 Å². The molecule has 6 heteroatoms. The summed E-state index contributed by atoms with van der Waals surface area (Å²) in [4.78, 5) is 19.5. The molecule has 1 aliphatic heterocycles. The van der Waals surface area contributed by atoms with Crippen LogP contribution in [0.3, 0.4) is 0 Å². The van der Waals surface area contributed by atoms with Crippen LogP contribution in [0.15, 0.2) is 60.8 Å². The van der Waals surface area contributed by atoms with Crippen LogP contribution in [0.2, 0.25) is 0 Å². The van der Waals surface area contributed by atoms with Gasteiger partial charge in [0.1, 0.15) is 11.6 Å². The van der Waals surface area contributed by atoms with E-state index in [-0.39, 0.29) is 5.91 Å². The lowest BCUT2D eigenvalue weighted by Gasteiger charge is -2.27. The summed E-state index contributed by atoms with van der Waals surface area (Å²) in [5.41, 5.74) is 4.44. The topological polar surface area (TPSA) is 63.7 Å². The Morgan fingerprint density at radius 2 is 1.83 bits per heavy atom. The van der Waals surface area contributed by atoms with E-state index in [9.17, 15) is 4.79 Å². The molecule has 1 aromatic heterocycles. The molecule has 154 valence electrons. The number of rotatable bonds is 5. The van der Waals surface area contributed by atoms with Crippen LogP contribution in [-0.4, -0.2) is 44.3 Å². The molecule has 3 aromatic rings. The van der Waals surface area contributed by atoms with Gasteiger partial charge in [0.15, 0.2) is 0 Å². The Bertz CT molecular complexity index is 1010. The summed E-state index contributed by atoms with van der Waals surface area (Å²) < 4.78 is 10.6. The second-order valence-electron chi connectivity index (χ2n) is 7.22. The molecule has 0 saturated carbocycles. The molecule has 2 aromatic carbocycles. The van der Waals surface area contributed by atoms with Gasteiger partial charge in [-0.3, -0.25) is 4.79 Å². The third kappa shape index (κ3) is 4.44. The molecular weight excluding hydrogens is 378 g/mol. The predicted molar refractivity (Wildman–Crippen MR) is 118 cm³/mol. The van der Waals surface area contributed by atoms with E-state index >= 15 is 0 Å². The minimum atomic E-state index is -0.161. The minimum absolute atomic E-state index is 0.161. The Labute approximate surface area is 176 Å². The van der Waals surface area contributed by atoms with Crippen molar-refractivity contribution in [3.8, 4) is 16.9 Å². The molecule has 0 bridgehead atoms. The molecule has 0 radical (unpaired) electrons. The fraction of sp³-hybridized carbons (Fsp3) is 0.250. The minimum Gasteiger partial charge on any atom is -0.497 e. The molecular formula is C24H25N3O3. The average molecular weight is 403 g/mol. The number of hydrogen-bond acceptors (Lipinski definition) is 5. The van der Waals surface area contributed by atoms with E-state index in [4.69, 9.17) is 9.47 Å². The van der Waals surface area contributed by atoms with E-state index < -0.39 is 0 Å². The number of nitrogens with zero attached hydrogens (tertiary/aromatic N) is 2. The van der Waals surface area contributed by atoms with Gasteiger partial charge in [0.05, 0.1) is 32.2 Å². The number of nitrogens with one attached hydrogen (secondary N) is 1. The molecule has 2 heterocycles. The number of methoxy groups -OCH3 is 1. The van der Waals surface area contributed by atoms with Gasteiger partial charge in [-0.2, -0.15) is 0 Å². The summed E-state index contributed by atoms with van der Waals surface area (Å²) in [6.45, 7) is 5.12. The highest BCUT2D eigenvalue weighted by molar-refractivity contribution is 6.05. The number of anilines is 2. The van der Waals surface area contributed by atoms with Gasteiger partial charge < -0.3 is 19.7 Å².